The van der Waals surface area contributed by atoms with E-state index < -0.39 is 8.32 Å². The van der Waals surface area contributed by atoms with E-state index in [1.54, 1.807) is 0 Å². The molecule has 0 N–H and O–H groups in total. The highest BCUT2D eigenvalue weighted by atomic mass is 28.4. The molecule has 0 bridgehead atoms. The van der Waals surface area contributed by atoms with Gasteiger partial charge in [0.05, 0.1) is 0 Å². The van der Waals surface area contributed by atoms with Crippen LogP contribution in [0.4, 0.5) is 0 Å². The minimum absolute atomic E-state index is 0.00886. The SMILES string of the molecule is C[C@@H]1CC=C(CCCO[Si](c2ccccc2)(c2ccccc2)C(C)(C)C)C(=O)C1. The third kappa shape index (κ3) is 4.79. The summed E-state index contributed by atoms with van der Waals surface area (Å²) in [5.74, 6) is 0.814. The van der Waals surface area contributed by atoms with E-state index in [1.807, 2.05) is 0 Å². The molecule has 154 valence electrons. The van der Waals surface area contributed by atoms with Gasteiger partial charge in [-0.3, -0.25) is 4.79 Å². The molecule has 29 heavy (non-hydrogen) atoms. The van der Waals surface area contributed by atoms with Crippen LogP contribution in [0, 0.1) is 5.92 Å². The van der Waals surface area contributed by atoms with Gasteiger partial charge in [0, 0.05) is 13.0 Å². The van der Waals surface area contributed by atoms with Crippen molar-refractivity contribution in [2.45, 2.75) is 58.4 Å². The summed E-state index contributed by atoms with van der Waals surface area (Å²) < 4.78 is 6.91. The van der Waals surface area contributed by atoms with Gasteiger partial charge in [-0.1, -0.05) is 94.4 Å². The van der Waals surface area contributed by atoms with E-state index in [0.717, 1.165) is 24.8 Å². The lowest BCUT2D eigenvalue weighted by atomic mass is 9.88. The van der Waals surface area contributed by atoms with Gasteiger partial charge in [-0.05, 0) is 46.2 Å². The Morgan fingerprint density at radius 1 is 0.966 bits per heavy atom. The van der Waals surface area contributed by atoms with Crippen LogP contribution in [0.2, 0.25) is 5.04 Å². The molecule has 0 saturated heterocycles. The molecule has 1 aliphatic rings. The predicted molar refractivity (Wildman–Crippen MR) is 124 cm³/mol. The zero-order valence-corrected chi connectivity index (χ0v) is 19.3. The number of hydrogen-bond acceptors (Lipinski definition) is 2. The minimum atomic E-state index is -2.47. The van der Waals surface area contributed by atoms with E-state index in [2.05, 4.69) is 94.4 Å². The van der Waals surface area contributed by atoms with Gasteiger partial charge >= 0.3 is 0 Å². The van der Waals surface area contributed by atoms with Crippen molar-refractivity contribution in [1.82, 2.24) is 0 Å². The van der Waals surface area contributed by atoms with Crippen LogP contribution < -0.4 is 10.4 Å². The number of Topliss-reactive ketones (excluding diaryl/α,β-unsaturated/α-hetero) is 1. The fourth-order valence-corrected chi connectivity index (χ4v) is 9.09. The molecular formula is C26H34O2Si. The molecule has 0 aromatic heterocycles. The zero-order valence-electron chi connectivity index (χ0n) is 18.3. The van der Waals surface area contributed by atoms with Gasteiger partial charge in [0.15, 0.2) is 5.78 Å². The summed E-state index contributed by atoms with van der Waals surface area (Å²) in [6.45, 7) is 9.72. The summed E-state index contributed by atoms with van der Waals surface area (Å²) in [4.78, 5) is 12.3. The first-order chi connectivity index (χ1) is 13.8. The molecule has 0 saturated carbocycles. The number of carbonyl (C=O) groups is 1. The van der Waals surface area contributed by atoms with Gasteiger partial charge < -0.3 is 4.43 Å². The second-order valence-electron chi connectivity index (χ2n) is 9.31. The highest BCUT2D eigenvalue weighted by Crippen LogP contribution is 2.37. The molecule has 1 atom stereocenters. The number of benzene rings is 2. The maximum Gasteiger partial charge on any atom is 0.261 e. The maximum atomic E-state index is 12.3. The third-order valence-corrected chi connectivity index (χ3v) is 11.0. The largest absolute Gasteiger partial charge is 0.407 e. The van der Waals surface area contributed by atoms with Crippen LogP contribution in [0.25, 0.3) is 0 Å². The molecule has 2 nitrogen and oxygen atoms in total. The van der Waals surface area contributed by atoms with Crippen LogP contribution in [0.5, 0.6) is 0 Å². The second-order valence-corrected chi connectivity index (χ2v) is 13.6. The number of rotatable bonds is 7. The fourth-order valence-electron chi connectivity index (χ4n) is 4.48. The average Bonchev–Trinajstić information content (AvgIpc) is 2.70. The Hall–Kier alpha value is -1.97. The lowest BCUT2D eigenvalue weighted by molar-refractivity contribution is -0.116. The molecule has 3 heteroatoms. The van der Waals surface area contributed by atoms with Crippen LogP contribution >= 0.6 is 0 Å². The van der Waals surface area contributed by atoms with Crippen LogP contribution in [-0.2, 0) is 9.22 Å². The summed E-state index contributed by atoms with van der Waals surface area (Å²) in [6, 6.07) is 21.5. The Balaban J connectivity index is 1.84. The lowest BCUT2D eigenvalue weighted by Gasteiger charge is -2.43. The molecule has 0 amide bonds. The van der Waals surface area contributed by atoms with Gasteiger partial charge in [-0.2, -0.15) is 0 Å². The first-order valence-corrected chi connectivity index (χ1v) is 12.7. The molecule has 0 fully saturated rings. The summed E-state index contributed by atoms with van der Waals surface area (Å²) >= 11 is 0. The summed E-state index contributed by atoms with van der Waals surface area (Å²) in [6.07, 6.45) is 5.58. The van der Waals surface area contributed by atoms with Gasteiger partial charge in [0.25, 0.3) is 8.32 Å². The van der Waals surface area contributed by atoms with E-state index in [0.29, 0.717) is 24.7 Å². The highest BCUT2D eigenvalue weighted by Gasteiger charge is 2.49. The van der Waals surface area contributed by atoms with Crippen molar-refractivity contribution < 1.29 is 9.22 Å². The average molecular weight is 407 g/mol. The number of hydrogen-bond donors (Lipinski definition) is 0. The van der Waals surface area contributed by atoms with Gasteiger partial charge in [-0.15, -0.1) is 0 Å². The quantitative estimate of drug-likeness (QED) is 0.462. The van der Waals surface area contributed by atoms with Crippen molar-refractivity contribution in [3.63, 3.8) is 0 Å². The standard InChI is InChI=1S/C26H34O2Si/c1-21-17-18-22(25(27)20-21)12-11-19-28-29(26(2,3)4,23-13-7-5-8-14-23)24-15-9-6-10-16-24/h5-10,13-16,18,21H,11-12,17,19-20H2,1-4H3/t21-/m1/s1. The maximum absolute atomic E-state index is 12.3. The Bertz CT molecular complexity index is 795. The van der Waals surface area contributed by atoms with Crippen LogP contribution in [-0.4, -0.2) is 20.7 Å². The first kappa shape index (κ1) is 21.7. The Morgan fingerprint density at radius 3 is 2.00 bits per heavy atom. The Kier molecular flexibility index (Phi) is 6.92. The Labute approximate surface area is 177 Å². The van der Waals surface area contributed by atoms with Crippen molar-refractivity contribution in [3.05, 3.63) is 72.3 Å². The van der Waals surface area contributed by atoms with Crippen molar-refractivity contribution in [2.75, 3.05) is 6.61 Å². The van der Waals surface area contributed by atoms with E-state index in [9.17, 15) is 4.79 Å². The number of ketones is 1. The Morgan fingerprint density at radius 2 is 1.52 bits per heavy atom. The van der Waals surface area contributed by atoms with Crippen molar-refractivity contribution in [1.29, 1.82) is 0 Å². The summed E-state index contributed by atoms with van der Waals surface area (Å²) in [5, 5.41) is 2.60. The van der Waals surface area contributed by atoms with Gasteiger partial charge in [0.2, 0.25) is 0 Å². The van der Waals surface area contributed by atoms with E-state index in [-0.39, 0.29) is 5.04 Å². The van der Waals surface area contributed by atoms with Gasteiger partial charge in [0.1, 0.15) is 0 Å². The molecule has 2 aromatic rings. The summed E-state index contributed by atoms with van der Waals surface area (Å²) in [5.41, 5.74) is 1.01. The fraction of sp³-hybridized carbons (Fsp3) is 0.423. The molecular weight excluding hydrogens is 372 g/mol. The van der Waals surface area contributed by atoms with E-state index in [1.165, 1.54) is 10.4 Å². The van der Waals surface area contributed by atoms with Crippen molar-refractivity contribution in [3.8, 4) is 0 Å². The molecule has 1 aliphatic carbocycles. The highest BCUT2D eigenvalue weighted by molar-refractivity contribution is 6.99. The number of allylic oxidation sites excluding steroid dienone is 2. The molecule has 0 heterocycles. The van der Waals surface area contributed by atoms with Crippen LogP contribution in [0.15, 0.2) is 72.3 Å². The monoisotopic (exact) mass is 406 g/mol. The molecule has 2 aromatic carbocycles. The minimum Gasteiger partial charge on any atom is -0.407 e. The normalized spacial score (nSPS) is 17.9. The predicted octanol–water partition coefficient (Wildman–Crippen LogP) is 5.27. The van der Waals surface area contributed by atoms with Gasteiger partial charge in [-0.25, -0.2) is 0 Å². The van der Waals surface area contributed by atoms with Crippen molar-refractivity contribution in [2.24, 2.45) is 5.92 Å². The van der Waals surface area contributed by atoms with Crippen LogP contribution in [0.3, 0.4) is 0 Å². The van der Waals surface area contributed by atoms with Crippen LogP contribution in [0.1, 0.15) is 53.4 Å². The topological polar surface area (TPSA) is 26.3 Å². The first-order valence-electron chi connectivity index (χ1n) is 10.8. The second kappa shape index (κ2) is 9.23. The zero-order chi connectivity index (χ0) is 20.9. The van der Waals surface area contributed by atoms with E-state index >= 15 is 0 Å². The number of carbonyl (C=O) groups excluding carboxylic acids is 1. The molecule has 0 unspecified atom stereocenters. The summed E-state index contributed by atoms with van der Waals surface area (Å²) in [7, 11) is -2.47. The molecule has 0 radical (unpaired) electrons. The lowest BCUT2D eigenvalue weighted by Crippen LogP contribution is -2.66. The van der Waals surface area contributed by atoms with E-state index in [4.69, 9.17) is 4.43 Å². The van der Waals surface area contributed by atoms with Crippen molar-refractivity contribution >= 4 is 24.5 Å². The molecule has 3 rings (SSSR count). The molecule has 0 spiro atoms. The third-order valence-electron chi connectivity index (χ3n) is 5.98. The smallest absolute Gasteiger partial charge is 0.261 e. The molecule has 0 aliphatic heterocycles.